The van der Waals surface area contributed by atoms with E-state index in [2.05, 4.69) is 0 Å². The molecule has 1 spiro atoms. The molecule has 2 saturated heterocycles. The van der Waals surface area contributed by atoms with Crippen molar-refractivity contribution in [3.05, 3.63) is 35.9 Å². The number of carbonyl (C=O) groups is 1. The molecule has 2 unspecified atom stereocenters. The Balaban J connectivity index is 0.00000192. The number of hydrogen-bond acceptors (Lipinski definition) is 4. The highest BCUT2D eigenvalue weighted by molar-refractivity contribution is 7.99. The maximum absolute atomic E-state index is 12.4. The zero-order valence-corrected chi connectivity index (χ0v) is 15.0. The molecule has 0 saturated carbocycles. The van der Waals surface area contributed by atoms with Crippen molar-refractivity contribution in [3.8, 4) is 0 Å². The van der Waals surface area contributed by atoms with Crippen molar-refractivity contribution in [2.75, 3.05) is 37.7 Å². The van der Waals surface area contributed by atoms with Crippen molar-refractivity contribution in [2.24, 2.45) is 0 Å². The van der Waals surface area contributed by atoms with Gasteiger partial charge in [-0.15, -0.1) is 0 Å². The summed E-state index contributed by atoms with van der Waals surface area (Å²) >= 11 is 2.01. The highest BCUT2D eigenvalue weighted by Crippen LogP contribution is 2.29. The SMILES string of the molecule is CC(O)(C(=O)OC1CC[N+]2(CCSCC2)C1)c1ccccc1.[Cl-]. The van der Waals surface area contributed by atoms with Crippen LogP contribution >= 0.6 is 11.8 Å². The Kier molecular flexibility index (Phi) is 6.00. The van der Waals surface area contributed by atoms with E-state index in [1.54, 1.807) is 12.1 Å². The number of benzene rings is 1. The molecule has 3 rings (SSSR count). The molecule has 0 aliphatic carbocycles. The molecule has 1 aromatic rings. The number of rotatable bonds is 3. The lowest BCUT2D eigenvalue weighted by molar-refractivity contribution is -0.914. The molecule has 23 heavy (non-hydrogen) atoms. The number of ether oxygens (including phenoxy) is 1. The van der Waals surface area contributed by atoms with Crippen LogP contribution in [0.15, 0.2) is 30.3 Å². The molecule has 0 aromatic heterocycles. The Morgan fingerprint density at radius 1 is 1.26 bits per heavy atom. The normalized spacial score (nSPS) is 25.4. The lowest BCUT2D eigenvalue weighted by atomic mass is 9.96. The second-order valence-corrected chi connectivity index (χ2v) is 7.79. The van der Waals surface area contributed by atoms with Crippen LogP contribution in [0.3, 0.4) is 0 Å². The van der Waals surface area contributed by atoms with Crippen LogP contribution in [0.5, 0.6) is 0 Å². The fourth-order valence-electron chi connectivity index (χ4n) is 3.41. The van der Waals surface area contributed by atoms with Gasteiger partial charge in [0.1, 0.15) is 6.54 Å². The first-order valence-corrected chi connectivity index (χ1v) is 9.09. The summed E-state index contributed by atoms with van der Waals surface area (Å²) in [5.41, 5.74) is -0.997. The average molecular weight is 358 g/mol. The van der Waals surface area contributed by atoms with Crippen LogP contribution in [0.25, 0.3) is 0 Å². The minimum Gasteiger partial charge on any atom is -1.00 e. The second kappa shape index (κ2) is 7.43. The van der Waals surface area contributed by atoms with E-state index in [1.807, 2.05) is 30.0 Å². The molecule has 2 atom stereocenters. The molecule has 4 nitrogen and oxygen atoms in total. The van der Waals surface area contributed by atoms with Gasteiger partial charge in [-0.3, -0.25) is 0 Å². The molecule has 0 amide bonds. The van der Waals surface area contributed by atoms with Crippen molar-refractivity contribution in [3.63, 3.8) is 0 Å². The van der Waals surface area contributed by atoms with E-state index in [0.29, 0.717) is 5.56 Å². The van der Waals surface area contributed by atoms with E-state index in [1.165, 1.54) is 31.5 Å². The summed E-state index contributed by atoms with van der Waals surface area (Å²) in [7, 11) is 0. The summed E-state index contributed by atoms with van der Waals surface area (Å²) in [6.45, 7) is 5.85. The Labute approximate surface area is 148 Å². The van der Waals surface area contributed by atoms with Gasteiger partial charge in [-0.2, -0.15) is 11.8 Å². The van der Waals surface area contributed by atoms with Crippen LogP contribution in [-0.4, -0.2) is 59.3 Å². The third kappa shape index (κ3) is 4.02. The highest BCUT2D eigenvalue weighted by Gasteiger charge is 2.43. The van der Waals surface area contributed by atoms with Crippen molar-refractivity contribution in [2.45, 2.75) is 25.0 Å². The summed E-state index contributed by atoms with van der Waals surface area (Å²) in [5.74, 6) is 1.86. The van der Waals surface area contributed by atoms with Gasteiger partial charge in [0.25, 0.3) is 0 Å². The molecule has 128 valence electrons. The summed E-state index contributed by atoms with van der Waals surface area (Å²) in [5, 5.41) is 10.5. The third-order valence-electron chi connectivity index (χ3n) is 4.94. The van der Waals surface area contributed by atoms with Crippen molar-refractivity contribution in [1.29, 1.82) is 0 Å². The van der Waals surface area contributed by atoms with Crippen LogP contribution in [0.1, 0.15) is 18.9 Å². The van der Waals surface area contributed by atoms with Crippen LogP contribution < -0.4 is 12.4 Å². The first-order valence-electron chi connectivity index (χ1n) is 7.94. The zero-order valence-electron chi connectivity index (χ0n) is 13.4. The summed E-state index contributed by atoms with van der Waals surface area (Å²) in [6.07, 6.45) is 0.840. The Morgan fingerprint density at radius 3 is 2.57 bits per heavy atom. The van der Waals surface area contributed by atoms with Crippen molar-refractivity contribution in [1.82, 2.24) is 0 Å². The quantitative estimate of drug-likeness (QED) is 0.544. The molecular weight excluding hydrogens is 334 g/mol. The van der Waals surface area contributed by atoms with Gasteiger partial charge in [0.15, 0.2) is 11.7 Å². The van der Waals surface area contributed by atoms with E-state index >= 15 is 0 Å². The topological polar surface area (TPSA) is 46.5 Å². The van der Waals surface area contributed by atoms with E-state index in [-0.39, 0.29) is 18.5 Å². The lowest BCUT2D eigenvalue weighted by Gasteiger charge is -2.37. The average Bonchev–Trinajstić information content (AvgIpc) is 2.91. The number of aliphatic hydroxyl groups is 1. The van der Waals surface area contributed by atoms with Crippen LogP contribution in [0, 0.1) is 0 Å². The van der Waals surface area contributed by atoms with Crippen LogP contribution in [0.2, 0.25) is 0 Å². The van der Waals surface area contributed by atoms with Gasteiger partial charge in [-0.25, -0.2) is 4.79 Å². The number of carbonyl (C=O) groups excluding carboxylic acids is 1. The van der Waals surface area contributed by atoms with E-state index in [4.69, 9.17) is 4.74 Å². The largest absolute Gasteiger partial charge is 1.00 e. The Morgan fingerprint density at radius 2 is 1.91 bits per heavy atom. The van der Waals surface area contributed by atoms with Crippen molar-refractivity contribution < 1.29 is 31.5 Å². The fourth-order valence-corrected chi connectivity index (χ4v) is 4.65. The molecule has 2 aliphatic rings. The maximum atomic E-state index is 12.4. The van der Waals surface area contributed by atoms with Crippen molar-refractivity contribution >= 4 is 17.7 Å². The Bertz CT molecular complexity index is 532. The number of esters is 1. The molecular formula is C17H24ClNO3S. The highest BCUT2D eigenvalue weighted by atomic mass is 35.5. The van der Waals surface area contributed by atoms with E-state index in [9.17, 15) is 9.90 Å². The number of thioether (sulfide) groups is 1. The first kappa shape index (κ1) is 18.6. The third-order valence-corrected chi connectivity index (χ3v) is 5.89. The smallest absolute Gasteiger partial charge is 0.343 e. The molecule has 2 aliphatic heterocycles. The van der Waals surface area contributed by atoms with Crippen LogP contribution in [-0.2, 0) is 15.1 Å². The van der Waals surface area contributed by atoms with E-state index in [0.717, 1.165) is 24.0 Å². The summed E-state index contributed by atoms with van der Waals surface area (Å²) in [6, 6.07) is 9.01. The molecule has 0 radical (unpaired) electrons. The Hall–Kier alpha value is -0.750. The monoisotopic (exact) mass is 357 g/mol. The minimum absolute atomic E-state index is 0. The van der Waals surface area contributed by atoms with Crippen LogP contribution in [0.4, 0.5) is 0 Å². The fraction of sp³-hybridized carbons (Fsp3) is 0.588. The predicted molar refractivity (Wildman–Crippen MR) is 87.6 cm³/mol. The first-order chi connectivity index (χ1) is 10.5. The molecule has 1 aromatic carbocycles. The lowest BCUT2D eigenvalue weighted by Crippen LogP contribution is -3.00. The number of nitrogens with zero attached hydrogens (tertiary/aromatic N) is 1. The van der Waals surface area contributed by atoms with Gasteiger partial charge >= 0.3 is 5.97 Å². The second-order valence-electron chi connectivity index (χ2n) is 6.56. The van der Waals surface area contributed by atoms with E-state index < -0.39 is 11.6 Å². The standard InChI is InChI=1S/C17H24NO3S.ClH/c1-17(20,14-5-3-2-4-6-14)16(19)21-15-7-8-18(13-15)9-11-22-12-10-18;/h2-6,15,20H,7-13H2,1H3;1H/q+1;/p-1. The molecule has 1 N–H and O–H groups in total. The zero-order chi connectivity index (χ0) is 15.6. The molecule has 2 fully saturated rings. The number of quaternary nitrogens is 1. The molecule has 0 bridgehead atoms. The van der Waals surface area contributed by atoms with Gasteiger partial charge in [0, 0.05) is 17.9 Å². The van der Waals surface area contributed by atoms with Gasteiger partial charge in [0.05, 0.1) is 19.6 Å². The minimum atomic E-state index is -1.58. The molecule has 6 heteroatoms. The summed E-state index contributed by atoms with van der Waals surface area (Å²) in [4.78, 5) is 12.4. The van der Waals surface area contributed by atoms with Gasteiger partial charge in [0.2, 0.25) is 0 Å². The van der Waals surface area contributed by atoms with Gasteiger partial charge in [-0.1, -0.05) is 30.3 Å². The number of halogens is 1. The van der Waals surface area contributed by atoms with Gasteiger partial charge < -0.3 is 26.7 Å². The maximum Gasteiger partial charge on any atom is 0.343 e. The number of hydrogen-bond donors (Lipinski definition) is 1. The predicted octanol–water partition coefficient (Wildman–Crippen LogP) is -1.22. The molecule has 2 heterocycles. The summed E-state index contributed by atoms with van der Waals surface area (Å²) < 4.78 is 6.73. The van der Waals surface area contributed by atoms with Gasteiger partial charge in [-0.05, 0) is 12.5 Å².